The number of hydrogen-bond acceptors (Lipinski definition) is 6. The molecule has 0 saturated carbocycles. The first-order valence-electron chi connectivity index (χ1n) is 16.1. The highest BCUT2D eigenvalue weighted by atomic mass is 35.5. The normalized spacial score (nSPS) is 12.1. The minimum Gasteiger partial charge on any atom is -0.404 e. The number of H-pyrrole nitrogens is 1. The van der Waals surface area contributed by atoms with E-state index >= 15 is 0 Å². The Morgan fingerprint density at radius 3 is 2.24 bits per heavy atom. The maximum Gasteiger partial charge on any atom is 0.573 e. The summed E-state index contributed by atoms with van der Waals surface area (Å²) in [6.45, 7) is 14.7. The van der Waals surface area contributed by atoms with E-state index in [4.69, 9.17) is 28.8 Å². The zero-order chi connectivity index (χ0) is 36.6. The Bertz CT molecular complexity index is 1770. The number of ether oxygens (including phenoxy) is 1. The van der Waals surface area contributed by atoms with Crippen LogP contribution in [0.4, 0.5) is 13.2 Å². The van der Waals surface area contributed by atoms with Crippen LogP contribution < -0.4 is 32.9 Å². The molecule has 0 fully saturated rings. The quantitative estimate of drug-likeness (QED) is 0.0706. The fraction of sp³-hybridized carbons (Fsp3) is 0.457. The van der Waals surface area contributed by atoms with E-state index < -0.39 is 6.36 Å². The van der Waals surface area contributed by atoms with Gasteiger partial charge in [0.15, 0.2) is 5.96 Å². The third kappa shape index (κ3) is 12.1. The van der Waals surface area contributed by atoms with Gasteiger partial charge >= 0.3 is 12.1 Å². The second-order valence-corrected chi connectivity index (χ2v) is 14.2. The van der Waals surface area contributed by atoms with Crippen LogP contribution in [0, 0.1) is 0 Å². The van der Waals surface area contributed by atoms with E-state index in [0.29, 0.717) is 37.1 Å². The van der Waals surface area contributed by atoms with E-state index in [1.165, 1.54) is 6.07 Å². The first-order chi connectivity index (χ1) is 22.8. The van der Waals surface area contributed by atoms with Crippen LogP contribution in [0.1, 0.15) is 76.8 Å². The van der Waals surface area contributed by atoms with E-state index in [2.05, 4.69) is 51.9 Å². The molecule has 14 heteroatoms. The molecule has 2 heterocycles. The predicted octanol–water partition coefficient (Wildman–Crippen LogP) is 6.19. The first kappa shape index (κ1) is 39.4. The van der Waals surface area contributed by atoms with Gasteiger partial charge in [-0.1, -0.05) is 71.3 Å². The van der Waals surface area contributed by atoms with Gasteiger partial charge in [0.1, 0.15) is 11.4 Å². The number of nitrogens with one attached hydrogen (secondary N) is 2. The van der Waals surface area contributed by atoms with Crippen LogP contribution in [-0.2, 0) is 23.8 Å². The highest BCUT2D eigenvalue weighted by molar-refractivity contribution is 6.33. The maximum atomic E-state index is 12.5. The molecule has 10 nitrogen and oxygen atoms in total. The molecule has 4 rings (SSSR count). The van der Waals surface area contributed by atoms with E-state index in [9.17, 15) is 18.0 Å². The van der Waals surface area contributed by atoms with Gasteiger partial charge in [-0.15, -0.1) is 13.2 Å². The molecule has 0 aliphatic carbocycles. The van der Waals surface area contributed by atoms with Crippen molar-refractivity contribution in [2.45, 2.75) is 84.5 Å². The smallest absolute Gasteiger partial charge is 0.404 e. The number of aryl methyl sites for hydroxylation is 1. The lowest BCUT2D eigenvalue weighted by molar-refractivity contribution is -0.274. The molecule has 8 N–H and O–H groups in total. The molecule has 0 unspecified atom stereocenters. The third-order valence-corrected chi connectivity index (χ3v) is 7.86. The van der Waals surface area contributed by atoms with Crippen molar-refractivity contribution < 1.29 is 17.9 Å². The zero-order valence-electron chi connectivity index (χ0n) is 29.0. The first-order valence-corrected chi connectivity index (χ1v) is 16.4. The summed E-state index contributed by atoms with van der Waals surface area (Å²) in [5.74, 6) is -0.226. The van der Waals surface area contributed by atoms with Crippen LogP contribution in [0.3, 0.4) is 0 Å². The number of nitrogens with zero attached hydrogens (tertiary/aromatic N) is 3. The van der Waals surface area contributed by atoms with Gasteiger partial charge in [-0.25, -0.2) is 4.79 Å². The zero-order valence-corrected chi connectivity index (χ0v) is 29.7. The van der Waals surface area contributed by atoms with Gasteiger partial charge in [0.25, 0.3) is 0 Å². The van der Waals surface area contributed by atoms with Gasteiger partial charge in [0.05, 0.1) is 10.7 Å². The van der Waals surface area contributed by atoms with E-state index in [1.54, 1.807) is 4.57 Å². The van der Waals surface area contributed by atoms with Crippen molar-refractivity contribution >= 4 is 28.6 Å². The fourth-order valence-corrected chi connectivity index (χ4v) is 5.28. The lowest BCUT2D eigenvalue weighted by Crippen LogP contribution is -2.23. The number of alkyl halides is 3. The summed E-state index contributed by atoms with van der Waals surface area (Å²) in [7, 11) is 0. The summed E-state index contributed by atoms with van der Waals surface area (Å²) < 4.78 is 42.9. The number of aliphatic imine (C=N–C) groups is 1. The van der Waals surface area contributed by atoms with Crippen molar-refractivity contribution in [2.75, 3.05) is 19.6 Å². The van der Waals surface area contributed by atoms with Crippen molar-refractivity contribution in [1.82, 2.24) is 19.9 Å². The second kappa shape index (κ2) is 16.6. The molecule has 2 aromatic carbocycles. The number of guanidine groups is 1. The fourth-order valence-electron chi connectivity index (χ4n) is 4.85. The summed E-state index contributed by atoms with van der Waals surface area (Å²) in [4.78, 5) is 23.9. The number of rotatable bonds is 11. The Labute approximate surface area is 290 Å². The van der Waals surface area contributed by atoms with Gasteiger partial charge in [0, 0.05) is 35.8 Å². The molecule has 0 saturated heterocycles. The van der Waals surface area contributed by atoms with Crippen LogP contribution >= 0.6 is 11.6 Å². The second-order valence-electron chi connectivity index (χ2n) is 13.8. The lowest BCUT2D eigenvalue weighted by Gasteiger charge is -2.24. The van der Waals surface area contributed by atoms with Crippen LogP contribution in [0.25, 0.3) is 16.7 Å². The van der Waals surface area contributed by atoms with E-state index in [1.807, 2.05) is 57.3 Å². The number of halogens is 4. The summed E-state index contributed by atoms with van der Waals surface area (Å²) >= 11 is 6.06. The number of aromatic amines is 1. The number of hydrogen-bond donors (Lipinski definition) is 5. The van der Waals surface area contributed by atoms with Crippen molar-refractivity contribution in [3.8, 4) is 11.4 Å². The molecule has 0 amide bonds. The summed E-state index contributed by atoms with van der Waals surface area (Å²) in [5.41, 5.74) is 20.3. The summed E-state index contributed by atoms with van der Waals surface area (Å²) in [6.07, 6.45) is -0.773. The average Bonchev–Trinajstić information content (AvgIpc) is 3.42. The van der Waals surface area contributed by atoms with Crippen molar-refractivity contribution in [1.29, 1.82) is 0 Å². The number of fused-ring (bicyclic) bond motifs is 1. The topological polar surface area (TPSA) is 162 Å². The maximum absolute atomic E-state index is 12.5. The van der Waals surface area contributed by atoms with Crippen LogP contribution in [0.15, 0.2) is 58.4 Å². The lowest BCUT2D eigenvalue weighted by atomic mass is 9.85. The monoisotopic (exact) mass is 704 g/mol. The van der Waals surface area contributed by atoms with Gasteiger partial charge in [-0.3, -0.25) is 9.56 Å². The van der Waals surface area contributed by atoms with Crippen molar-refractivity contribution in [3.63, 3.8) is 0 Å². The number of benzene rings is 2. The minimum atomic E-state index is -4.76. The Balaban J connectivity index is 0.000000286. The Morgan fingerprint density at radius 2 is 1.67 bits per heavy atom. The standard InChI is InChI=1S/C21H29N7O.C14H19ClF3NO/c1-21(2,3)17-11-15-13-28(20(29)27-18(15)26-17)16-7-5-14(6-8-16)12-24-9-4-10-25-19(22)23;1-13(2,3)10-7-9(5-4-6-19)8-11(12(10)15)20-14(16,17)18/h5-8,11,13,24H,4,9-10,12H2,1-3H3,(H4,22,23,25)(H,26,27,29);7-8H,4-6,19H2,1-3H3. The molecular weight excluding hydrogens is 657 g/mol. The largest absolute Gasteiger partial charge is 0.573 e. The van der Waals surface area contributed by atoms with Gasteiger partial charge in [0.2, 0.25) is 0 Å². The van der Waals surface area contributed by atoms with Crippen LogP contribution in [-0.4, -0.2) is 46.5 Å². The number of aromatic nitrogens is 3. The molecular formula is C35H48ClF3N8O2. The Hall–Kier alpha value is -4.07. The molecule has 4 aromatic rings. The van der Waals surface area contributed by atoms with E-state index in [-0.39, 0.29) is 33.3 Å². The number of nitrogens with two attached hydrogens (primary N) is 3. The van der Waals surface area contributed by atoms with Crippen molar-refractivity contribution in [2.24, 2.45) is 22.2 Å². The molecule has 0 atom stereocenters. The Kier molecular flexibility index (Phi) is 13.3. The highest BCUT2D eigenvalue weighted by Gasteiger charge is 2.33. The van der Waals surface area contributed by atoms with Crippen LogP contribution in [0.2, 0.25) is 5.02 Å². The van der Waals surface area contributed by atoms with Gasteiger partial charge < -0.3 is 32.2 Å². The third-order valence-electron chi connectivity index (χ3n) is 7.47. The molecule has 0 bridgehead atoms. The predicted molar refractivity (Wildman–Crippen MR) is 192 cm³/mol. The SMILES string of the molecule is CC(C)(C)c1cc(CCCN)cc(OC(F)(F)F)c1Cl.CC(C)(C)c1cc2cn(-c3ccc(CNCCCN=C(N)N)cc3)c(=O)nc2[nH]1. The van der Waals surface area contributed by atoms with Gasteiger partial charge in [-0.2, -0.15) is 4.98 Å². The highest BCUT2D eigenvalue weighted by Crippen LogP contribution is 2.39. The molecule has 0 aliphatic rings. The van der Waals surface area contributed by atoms with Crippen LogP contribution in [0.5, 0.6) is 5.75 Å². The van der Waals surface area contributed by atoms with Gasteiger partial charge in [-0.05, 0) is 78.7 Å². The van der Waals surface area contributed by atoms with E-state index in [0.717, 1.165) is 47.4 Å². The minimum absolute atomic E-state index is 0.00586. The molecule has 0 radical (unpaired) electrons. The molecule has 0 aliphatic heterocycles. The summed E-state index contributed by atoms with van der Waals surface area (Å²) in [5, 5.41) is 4.27. The van der Waals surface area contributed by atoms with Crippen molar-refractivity contribution in [3.05, 3.63) is 86.6 Å². The molecule has 268 valence electrons. The molecule has 49 heavy (non-hydrogen) atoms. The molecule has 2 aromatic heterocycles. The Morgan fingerprint density at radius 1 is 1.00 bits per heavy atom. The summed E-state index contributed by atoms with van der Waals surface area (Å²) in [6, 6.07) is 13.1. The molecule has 0 spiro atoms. The average molecular weight is 705 g/mol.